The minimum Gasteiger partial charge on any atom is -0.489 e. The maximum atomic E-state index is 13.2. The normalized spacial score (nSPS) is 10.1. The van der Waals surface area contributed by atoms with Gasteiger partial charge in [0.25, 0.3) is 0 Å². The smallest absolute Gasteiger partial charge is 0.150 e. The van der Waals surface area contributed by atoms with Crippen LogP contribution < -0.4 is 4.74 Å². The molecule has 0 spiro atoms. The van der Waals surface area contributed by atoms with Crippen molar-refractivity contribution in [2.45, 2.75) is 13.5 Å². The van der Waals surface area contributed by atoms with Gasteiger partial charge in [-0.3, -0.25) is 4.79 Å². The topological polar surface area (TPSA) is 26.3 Å². The first-order valence-electron chi connectivity index (χ1n) is 5.61. The summed E-state index contributed by atoms with van der Waals surface area (Å²) < 4.78 is 18.6. The number of carbonyl (C=O) groups is 1. The van der Waals surface area contributed by atoms with E-state index in [2.05, 4.69) is 0 Å². The molecule has 0 fully saturated rings. The highest BCUT2D eigenvalue weighted by molar-refractivity contribution is 5.75. The van der Waals surface area contributed by atoms with Crippen molar-refractivity contribution in [3.8, 4) is 5.75 Å². The monoisotopic (exact) mass is 244 g/mol. The van der Waals surface area contributed by atoms with Crippen LogP contribution in [0.5, 0.6) is 5.75 Å². The highest BCUT2D eigenvalue weighted by Crippen LogP contribution is 2.17. The predicted octanol–water partition coefficient (Wildman–Crippen LogP) is 3.53. The molecule has 18 heavy (non-hydrogen) atoms. The summed E-state index contributed by atoms with van der Waals surface area (Å²) in [6.45, 7) is 2.35. The second-order valence-electron chi connectivity index (χ2n) is 4.12. The lowest BCUT2D eigenvalue weighted by atomic mass is 10.1. The zero-order chi connectivity index (χ0) is 13.0. The summed E-state index contributed by atoms with van der Waals surface area (Å²) in [4.78, 5) is 10.6. The van der Waals surface area contributed by atoms with Gasteiger partial charge in [-0.2, -0.15) is 0 Å². The lowest BCUT2D eigenvalue weighted by Gasteiger charge is -2.07. The molecule has 0 bridgehead atoms. The first-order valence-corrected chi connectivity index (χ1v) is 5.61. The number of aryl methyl sites for hydroxylation is 1. The molecular weight excluding hydrogens is 231 g/mol. The number of rotatable bonds is 4. The van der Waals surface area contributed by atoms with E-state index in [1.807, 2.05) is 31.2 Å². The molecule has 92 valence electrons. The quantitative estimate of drug-likeness (QED) is 0.769. The number of carbonyl (C=O) groups excluding carboxylic acids is 1. The molecule has 0 aliphatic rings. The van der Waals surface area contributed by atoms with Gasteiger partial charge in [0.15, 0.2) is 0 Å². The van der Waals surface area contributed by atoms with Crippen LogP contribution in [-0.4, -0.2) is 6.29 Å². The molecule has 2 nitrogen and oxygen atoms in total. The van der Waals surface area contributed by atoms with Crippen molar-refractivity contribution in [2.75, 3.05) is 0 Å². The van der Waals surface area contributed by atoms with Crippen LogP contribution in [0.1, 0.15) is 21.5 Å². The fourth-order valence-electron chi connectivity index (χ4n) is 1.70. The zero-order valence-corrected chi connectivity index (χ0v) is 10.0. The zero-order valence-electron chi connectivity index (χ0n) is 10.0. The third-order valence-corrected chi connectivity index (χ3v) is 2.52. The maximum absolute atomic E-state index is 13.2. The van der Waals surface area contributed by atoms with Crippen LogP contribution in [-0.2, 0) is 6.61 Å². The molecule has 0 radical (unpaired) electrons. The van der Waals surface area contributed by atoms with E-state index in [9.17, 15) is 9.18 Å². The molecule has 0 unspecified atom stereocenters. The van der Waals surface area contributed by atoms with Crippen LogP contribution in [0.15, 0.2) is 42.5 Å². The van der Waals surface area contributed by atoms with E-state index >= 15 is 0 Å². The Hall–Kier alpha value is -2.16. The van der Waals surface area contributed by atoms with Crippen molar-refractivity contribution in [3.05, 3.63) is 65.0 Å². The minimum absolute atomic E-state index is 0.272. The summed E-state index contributed by atoms with van der Waals surface area (Å²) in [6.07, 6.45) is 0.600. The Labute approximate surface area is 105 Å². The number of benzene rings is 2. The Bertz CT molecular complexity index is 564. The second-order valence-corrected chi connectivity index (χ2v) is 4.12. The average Bonchev–Trinajstić information content (AvgIpc) is 2.36. The summed E-state index contributed by atoms with van der Waals surface area (Å²) >= 11 is 0. The van der Waals surface area contributed by atoms with Gasteiger partial charge in [-0.25, -0.2) is 4.39 Å². The number of aldehydes is 1. The van der Waals surface area contributed by atoms with Crippen LogP contribution >= 0.6 is 0 Å². The van der Waals surface area contributed by atoms with Crippen LogP contribution in [0.2, 0.25) is 0 Å². The Kier molecular flexibility index (Phi) is 3.72. The number of halogens is 1. The summed E-state index contributed by atoms with van der Waals surface area (Å²) in [5.74, 6) is -0.113. The third kappa shape index (κ3) is 3.17. The molecule has 3 heteroatoms. The molecule has 0 saturated carbocycles. The van der Waals surface area contributed by atoms with Gasteiger partial charge in [0, 0.05) is 11.6 Å². The largest absolute Gasteiger partial charge is 0.489 e. The Morgan fingerprint density at radius 1 is 1.22 bits per heavy atom. The Balaban J connectivity index is 2.10. The molecule has 0 amide bonds. The molecule has 0 atom stereocenters. The van der Waals surface area contributed by atoms with Gasteiger partial charge in [-0.05, 0) is 24.6 Å². The number of ether oxygens (including phenoxy) is 1. The molecule has 0 heterocycles. The van der Waals surface area contributed by atoms with E-state index in [1.54, 1.807) is 0 Å². The van der Waals surface area contributed by atoms with Crippen molar-refractivity contribution in [1.29, 1.82) is 0 Å². The van der Waals surface area contributed by atoms with Crippen LogP contribution in [0.3, 0.4) is 0 Å². The van der Waals surface area contributed by atoms with E-state index in [-0.39, 0.29) is 5.56 Å². The van der Waals surface area contributed by atoms with Gasteiger partial charge in [0.05, 0.1) is 0 Å². The van der Waals surface area contributed by atoms with Gasteiger partial charge in [0.2, 0.25) is 0 Å². The Morgan fingerprint density at radius 2 is 2.06 bits per heavy atom. The fraction of sp³-hybridized carbons (Fsp3) is 0.133. The van der Waals surface area contributed by atoms with Crippen LogP contribution in [0.4, 0.5) is 4.39 Å². The summed E-state index contributed by atoms with van der Waals surface area (Å²) in [7, 11) is 0. The number of hydrogen-bond acceptors (Lipinski definition) is 2. The van der Waals surface area contributed by atoms with Gasteiger partial charge in [-0.15, -0.1) is 0 Å². The molecule has 2 rings (SSSR count). The molecule has 2 aromatic rings. The SMILES string of the molecule is Cc1cccc(COc2cc(F)cc(C=O)c2)c1. The first kappa shape index (κ1) is 12.3. The van der Waals surface area contributed by atoms with Crippen molar-refractivity contribution < 1.29 is 13.9 Å². The molecule has 2 aromatic carbocycles. The van der Waals surface area contributed by atoms with Crippen LogP contribution in [0.25, 0.3) is 0 Å². The predicted molar refractivity (Wildman–Crippen MR) is 67.3 cm³/mol. The lowest BCUT2D eigenvalue weighted by molar-refractivity contribution is 0.112. The molecule has 0 aliphatic heterocycles. The molecular formula is C15H13FO2. The van der Waals surface area contributed by atoms with E-state index in [0.29, 0.717) is 18.6 Å². The summed E-state index contributed by atoms with van der Waals surface area (Å²) in [5.41, 5.74) is 2.42. The maximum Gasteiger partial charge on any atom is 0.150 e. The highest BCUT2D eigenvalue weighted by atomic mass is 19.1. The van der Waals surface area contributed by atoms with Gasteiger partial charge >= 0.3 is 0 Å². The second kappa shape index (κ2) is 5.45. The lowest BCUT2D eigenvalue weighted by Crippen LogP contribution is -1.97. The fourth-order valence-corrected chi connectivity index (χ4v) is 1.70. The van der Waals surface area contributed by atoms with Crippen molar-refractivity contribution in [2.24, 2.45) is 0 Å². The van der Waals surface area contributed by atoms with E-state index in [1.165, 1.54) is 18.2 Å². The molecule has 0 aromatic heterocycles. The van der Waals surface area contributed by atoms with E-state index in [0.717, 1.165) is 11.1 Å². The molecule has 0 saturated heterocycles. The van der Waals surface area contributed by atoms with E-state index in [4.69, 9.17) is 4.74 Å². The highest BCUT2D eigenvalue weighted by Gasteiger charge is 2.02. The first-order chi connectivity index (χ1) is 8.67. The van der Waals surface area contributed by atoms with E-state index < -0.39 is 5.82 Å². The molecule has 0 aliphatic carbocycles. The summed E-state index contributed by atoms with van der Waals surface area (Å²) in [5, 5.41) is 0. The van der Waals surface area contributed by atoms with Gasteiger partial charge in [-0.1, -0.05) is 29.8 Å². The van der Waals surface area contributed by atoms with Crippen LogP contribution in [0, 0.1) is 12.7 Å². The third-order valence-electron chi connectivity index (χ3n) is 2.52. The van der Waals surface area contributed by atoms with Gasteiger partial charge < -0.3 is 4.74 Å². The molecule has 0 N–H and O–H groups in total. The van der Waals surface area contributed by atoms with Crippen molar-refractivity contribution in [1.82, 2.24) is 0 Å². The average molecular weight is 244 g/mol. The minimum atomic E-state index is -0.473. The van der Waals surface area contributed by atoms with Gasteiger partial charge in [0.1, 0.15) is 24.5 Å². The standard InChI is InChI=1S/C15H13FO2/c1-11-3-2-4-12(5-11)10-18-15-7-13(9-17)6-14(16)8-15/h2-9H,10H2,1H3. The van der Waals surface area contributed by atoms with Crippen molar-refractivity contribution in [3.63, 3.8) is 0 Å². The summed E-state index contributed by atoms with van der Waals surface area (Å²) in [6, 6.07) is 11.8. The Morgan fingerprint density at radius 3 is 2.78 bits per heavy atom. The number of hydrogen-bond donors (Lipinski definition) is 0. The van der Waals surface area contributed by atoms with Crippen molar-refractivity contribution >= 4 is 6.29 Å².